The SMILES string of the molecule is N#Cc1cc(C2(O)C=CC=CC2C(=O)O)c2oc(Cl)cc2c1. The number of nitrogens with zero attached hydrogens (tertiary/aromatic N) is 1. The van der Waals surface area contributed by atoms with Crippen molar-refractivity contribution < 1.29 is 19.4 Å². The molecule has 1 heterocycles. The number of carboxylic acid groups (broad SMARTS) is 1. The number of carbonyl (C=O) groups is 1. The van der Waals surface area contributed by atoms with Crippen molar-refractivity contribution in [1.29, 1.82) is 5.26 Å². The number of halogens is 1. The molecule has 2 N–H and O–H groups in total. The molecule has 5 nitrogen and oxygen atoms in total. The maximum absolute atomic E-state index is 11.5. The Morgan fingerprint density at radius 2 is 2.14 bits per heavy atom. The molecule has 0 radical (unpaired) electrons. The molecule has 1 aromatic carbocycles. The Morgan fingerprint density at radius 3 is 2.82 bits per heavy atom. The first kappa shape index (κ1) is 14.4. The monoisotopic (exact) mass is 315 g/mol. The molecule has 0 aliphatic heterocycles. The van der Waals surface area contributed by atoms with Gasteiger partial charge in [0.05, 0.1) is 11.6 Å². The van der Waals surface area contributed by atoms with Crippen molar-refractivity contribution in [2.45, 2.75) is 5.60 Å². The van der Waals surface area contributed by atoms with Crippen molar-refractivity contribution in [2.75, 3.05) is 0 Å². The van der Waals surface area contributed by atoms with Crippen molar-refractivity contribution in [3.8, 4) is 6.07 Å². The van der Waals surface area contributed by atoms with Crippen LogP contribution in [0.4, 0.5) is 0 Å². The summed E-state index contributed by atoms with van der Waals surface area (Å²) in [6.07, 6.45) is 5.86. The van der Waals surface area contributed by atoms with Crippen LogP contribution in [0.1, 0.15) is 11.1 Å². The highest BCUT2D eigenvalue weighted by Crippen LogP contribution is 2.40. The van der Waals surface area contributed by atoms with Gasteiger partial charge in [-0.25, -0.2) is 0 Å². The van der Waals surface area contributed by atoms with Crippen molar-refractivity contribution in [3.63, 3.8) is 0 Å². The van der Waals surface area contributed by atoms with Crippen molar-refractivity contribution >= 4 is 28.5 Å². The van der Waals surface area contributed by atoms with Gasteiger partial charge in [-0.05, 0) is 29.8 Å². The standard InChI is InChI=1S/C16H10ClNO4/c17-13-7-10-5-9(8-18)6-12(14(10)22-13)16(21)4-2-1-3-11(16)15(19)20/h1-7,11,21H,(H,19,20). The molecule has 22 heavy (non-hydrogen) atoms. The normalized spacial score (nSPS) is 23.6. The fourth-order valence-corrected chi connectivity index (χ4v) is 2.83. The first-order chi connectivity index (χ1) is 10.5. The highest BCUT2D eigenvalue weighted by Gasteiger charge is 2.42. The van der Waals surface area contributed by atoms with Crippen LogP contribution >= 0.6 is 11.6 Å². The summed E-state index contributed by atoms with van der Waals surface area (Å²) in [6, 6.07) is 6.48. The van der Waals surface area contributed by atoms with Crippen LogP contribution < -0.4 is 0 Å². The van der Waals surface area contributed by atoms with E-state index < -0.39 is 17.5 Å². The number of aliphatic carboxylic acids is 1. The van der Waals surface area contributed by atoms with E-state index in [1.807, 2.05) is 6.07 Å². The van der Waals surface area contributed by atoms with E-state index in [0.717, 1.165) is 0 Å². The number of fused-ring (bicyclic) bond motifs is 1. The van der Waals surface area contributed by atoms with Gasteiger partial charge in [-0.3, -0.25) is 4.79 Å². The van der Waals surface area contributed by atoms with Gasteiger partial charge in [0.1, 0.15) is 17.1 Å². The number of aliphatic hydroxyl groups is 1. The molecule has 6 heteroatoms. The zero-order chi connectivity index (χ0) is 15.9. The van der Waals surface area contributed by atoms with Crippen LogP contribution in [0.2, 0.25) is 5.22 Å². The zero-order valence-electron chi connectivity index (χ0n) is 11.2. The Bertz CT molecular complexity index is 874. The van der Waals surface area contributed by atoms with E-state index >= 15 is 0 Å². The Morgan fingerprint density at radius 1 is 1.36 bits per heavy atom. The summed E-state index contributed by atoms with van der Waals surface area (Å²) >= 11 is 5.85. The topological polar surface area (TPSA) is 94.5 Å². The van der Waals surface area contributed by atoms with E-state index in [4.69, 9.17) is 21.3 Å². The summed E-state index contributed by atoms with van der Waals surface area (Å²) in [6.45, 7) is 0. The van der Waals surface area contributed by atoms with E-state index in [2.05, 4.69) is 0 Å². The Hall–Kier alpha value is -2.55. The lowest BCUT2D eigenvalue weighted by atomic mass is 9.77. The van der Waals surface area contributed by atoms with Gasteiger partial charge in [-0.1, -0.05) is 18.2 Å². The van der Waals surface area contributed by atoms with Gasteiger partial charge in [0.25, 0.3) is 0 Å². The van der Waals surface area contributed by atoms with E-state index in [9.17, 15) is 15.0 Å². The molecule has 0 spiro atoms. The minimum absolute atomic E-state index is 0.0946. The van der Waals surface area contributed by atoms with Crippen molar-refractivity contribution in [2.24, 2.45) is 5.92 Å². The lowest BCUT2D eigenvalue weighted by Gasteiger charge is -2.31. The first-order valence-corrected chi connectivity index (χ1v) is 6.78. The third kappa shape index (κ3) is 2.10. The number of hydrogen-bond donors (Lipinski definition) is 2. The molecule has 0 bridgehead atoms. The van der Waals surface area contributed by atoms with Crippen LogP contribution in [0.5, 0.6) is 0 Å². The Balaban J connectivity index is 2.32. The molecule has 110 valence electrons. The first-order valence-electron chi connectivity index (χ1n) is 6.40. The number of benzene rings is 1. The Kier molecular flexibility index (Phi) is 3.28. The molecule has 2 unspecified atom stereocenters. The number of allylic oxidation sites excluding steroid dienone is 2. The van der Waals surface area contributed by atoms with Crippen molar-refractivity contribution in [1.82, 2.24) is 0 Å². The van der Waals surface area contributed by atoms with Gasteiger partial charge in [0, 0.05) is 17.0 Å². The van der Waals surface area contributed by atoms with Gasteiger partial charge < -0.3 is 14.6 Å². The molecule has 0 amide bonds. The van der Waals surface area contributed by atoms with Crippen LogP contribution in [0, 0.1) is 17.2 Å². The van der Waals surface area contributed by atoms with Gasteiger partial charge >= 0.3 is 5.97 Å². The molecule has 2 atom stereocenters. The number of rotatable bonds is 2. The number of hydrogen-bond acceptors (Lipinski definition) is 4. The summed E-state index contributed by atoms with van der Waals surface area (Å²) in [5.74, 6) is -2.38. The van der Waals surface area contributed by atoms with Gasteiger partial charge in [0.15, 0.2) is 5.22 Å². The van der Waals surface area contributed by atoms with Crippen LogP contribution in [0.25, 0.3) is 11.0 Å². The third-order valence-electron chi connectivity index (χ3n) is 3.65. The van der Waals surface area contributed by atoms with E-state index in [1.54, 1.807) is 18.2 Å². The Labute approximate surface area is 130 Å². The maximum atomic E-state index is 11.5. The van der Waals surface area contributed by atoms with Crippen LogP contribution in [-0.4, -0.2) is 16.2 Å². The quantitative estimate of drug-likeness (QED) is 0.888. The minimum atomic E-state index is -1.83. The summed E-state index contributed by atoms with van der Waals surface area (Å²) in [5.41, 5.74) is -1.09. The molecule has 3 rings (SSSR count). The van der Waals surface area contributed by atoms with E-state index in [1.165, 1.54) is 24.3 Å². The summed E-state index contributed by atoms with van der Waals surface area (Å²) in [7, 11) is 0. The molecule has 0 fully saturated rings. The largest absolute Gasteiger partial charge is 0.481 e. The fraction of sp³-hybridized carbons (Fsp3) is 0.125. The minimum Gasteiger partial charge on any atom is -0.481 e. The molecule has 1 aromatic heterocycles. The molecular weight excluding hydrogens is 306 g/mol. The second-order valence-corrected chi connectivity index (χ2v) is 5.36. The molecule has 1 aliphatic rings. The van der Waals surface area contributed by atoms with Gasteiger partial charge in [-0.2, -0.15) is 5.26 Å². The highest BCUT2D eigenvalue weighted by molar-refractivity contribution is 6.29. The molecule has 2 aromatic rings. The summed E-state index contributed by atoms with van der Waals surface area (Å²) < 4.78 is 5.39. The van der Waals surface area contributed by atoms with Gasteiger partial charge in [-0.15, -0.1) is 0 Å². The van der Waals surface area contributed by atoms with Crippen LogP contribution in [-0.2, 0) is 10.4 Å². The maximum Gasteiger partial charge on any atom is 0.314 e. The molecule has 0 saturated carbocycles. The average molecular weight is 316 g/mol. The fourth-order valence-electron chi connectivity index (χ4n) is 2.64. The highest BCUT2D eigenvalue weighted by atomic mass is 35.5. The second kappa shape index (κ2) is 5.02. The molecule has 1 aliphatic carbocycles. The summed E-state index contributed by atoms with van der Waals surface area (Å²) in [5, 5.41) is 30.1. The zero-order valence-corrected chi connectivity index (χ0v) is 11.9. The van der Waals surface area contributed by atoms with Crippen LogP contribution in [0.15, 0.2) is 46.9 Å². The number of carboxylic acids is 1. The predicted molar refractivity (Wildman–Crippen MR) is 79.2 cm³/mol. The van der Waals surface area contributed by atoms with Crippen LogP contribution in [0.3, 0.4) is 0 Å². The summed E-state index contributed by atoms with van der Waals surface area (Å²) in [4.78, 5) is 11.5. The predicted octanol–water partition coefficient (Wildman–Crippen LogP) is 2.97. The third-order valence-corrected chi connectivity index (χ3v) is 3.84. The van der Waals surface area contributed by atoms with Gasteiger partial charge in [0.2, 0.25) is 0 Å². The number of nitriles is 1. The number of furan rings is 1. The molecule has 0 saturated heterocycles. The smallest absolute Gasteiger partial charge is 0.314 e. The molecular formula is C16H10ClNO4. The van der Waals surface area contributed by atoms with E-state index in [-0.39, 0.29) is 21.9 Å². The average Bonchev–Trinajstić information content (AvgIpc) is 2.86. The second-order valence-electron chi connectivity index (χ2n) is 4.99. The van der Waals surface area contributed by atoms with Crippen molar-refractivity contribution in [3.05, 3.63) is 58.8 Å². The lowest BCUT2D eigenvalue weighted by Crippen LogP contribution is -2.38. The lowest BCUT2D eigenvalue weighted by molar-refractivity contribution is -0.146. The van der Waals surface area contributed by atoms with E-state index in [0.29, 0.717) is 5.39 Å².